The normalized spacial score (nSPS) is 24.8. The van der Waals surface area contributed by atoms with E-state index in [1.807, 2.05) is 4.90 Å². The molecule has 2 aromatic rings. The summed E-state index contributed by atoms with van der Waals surface area (Å²) in [6.07, 6.45) is -24.8. The highest BCUT2D eigenvalue weighted by Crippen LogP contribution is 2.38. The Balaban J connectivity index is 1.86. The topological polar surface area (TPSA) is 46.6 Å². The molecule has 2 aromatic carbocycles. The third-order valence-corrected chi connectivity index (χ3v) is 6.03. The van der Waals surface area contributed by atoms with Crippen molar-refractivity contribution < 1.29 is 39.3 Å². The number of esters is 1. The average Bonchev–Trinajstić information content (AvgIpc) is 3.01. The Bertz CT molecular complexity index is 1530. The van der Waals surface area contributed by atoms with E-state index >= 15 is 0 Å². The SMILES string of the molecule is [2H]C([2H])([2H])C([2H])([2H])C([2H])([2H])C([2H])([2H])C([2H])([2H])C([2H])([2H])C([2H])([2H])C(=O)OC1(c2ccc(Cl)cc2)CCN(CCCC(=O)c2ccc(F)cc2)CC1. The molecule has 1 saturated heterocycles. The summed E-state index contributed by atoms with van der Waals surface area (Å²) >= 11 is 6.04. The van der Waals surface area contributed by atoms with Crippen LogP contribution in [0.3, 0.4) is 0 Å². The number of likely N-dealkylation sites (tertiary alicyclic amines) is 1. The Labute approximate surface area is 234 Å². The molecule has 0 spiro atoms. The zero-order chi connectivity index (χ0) is 38.4. The van der Waals surface area contributed by atoms with Crippen LogP contribution >= 0.6 is 11.6 Å². The van der Waals surface area contributed by atoms with Crippen molar-refractivity contribution in [1.82, 2.24) is 4.90 Å². The van der Waals surface area contributed by atoms with Gasteiger partial charge in [0, 0.05) is 69.9 Å². The minimum atomic E-state index is -4.37. The van der Waals surface area contributed by atoms with Crippen LogP contribution < -0.4 is 0 Å². The summed E-state index contributed by atoms with van der Waals surface area (Å²) in [4.78, 5) is 28.1. The molecule has 4 nitrogen and oxygen atoms in total. The maximum atomic E-state index is 13.6. The predicted molar refractivity (Wildman–Crippen MR) is 138 cm³/mol. The highest BCUT2D eigenvalue weighted by Gasteiger charge is 2.39. The third kappa shape index (κ3) is 8.43. The molecule has 0 saturated carbocycles. The quantitative estimate of drug-likeness (QED) is 0.206. The molecule has 1 aliphatic heterocycles. The first kappa shape index (κ1) is 13.3. The summed E-state index contributed by atoms with van der Waals surface area (Å²) in [5.74, 6) is -2.62. The van der Waals surface area contributed by atoms with Gasteiger partial charge in [0.1, 0.15) is 11.4 Å². The molecule has 0 bridgehead atoms. The number of ketones is 1. The number of hydrogen-bond acceptors (Lipinski definition) is 4. The zero-order valence-electron chi connectivity index (χ0n) is 34.0. The summed E-state index contributed by atoms with van der Waals surface area (Å²) in [5.41, 5.74) is -0.930. The lowest BCUT2D eigenvalue weighted by atomic mass is 9.84. The van der Waals surface area contributed by atoms with E-state index in [1.54, 1.807) is 0 Å². The maximum absolute atomic E-state index is 13.6. The molecule has 0 aromatic heterocycles. The predicted octanol–water partition coefficient (Wildman–Crippen LogP) is 7.34. The van der Waals surface area contributed by atoms with Gasteiger partial charge in [0.15, 0.2) is 5.78 Å². The molecular weight excluding hydrogens is 465 g/mol. The monoisotopic (exact) mass is 516 g/mol. The summed E-state index contributed by atoms with van der Waals surface area (Å²) in [5, 5.41) is 0.312. The molecule has 1 aliphatic rings. The van der Waals surface area contributed by atoms with Crippen molar-refractivity contribution in [1.29, 1.82) is 0 Å². The van der Waals surface area contributed by atoms with Gasteiger partial charge in [-0.1, -0.05) is 56.1 Å². The largest absolute Gasteiger partial charge is 0.454 e. The molecular formula is C29H37ClFNO3. The van der Waals surface area contributed by atoms with Crippen LogP contribution in [0.25, 0.3) is 0 Å². The number of nitrogens with zero attached hydrogens (tertiary/aromatic N) is 1. The minimum absolute atomic E-state index is 0.0143. The van der Waals surface area contributed by atoms with Gasteiger partial charge in [-0.25, -0.2) is 4.39 Å². The van der Waals surface area contributed by atoms with Gasteiger partial charge in [0.2, 0.25) is 0 Å². The van der Waals surface area contributed by atoms with Gasteiger partial charge in [-0.05, 0) is 61.3 Å². The van der Waals surface area contributed by atoms with E-state index in [4.69, 9.17) is 36.9 Å². The second kappa shape index (κ2) is 13.7. The van der Waals surface area contributed by atoms with Crippen LogP contribution in [0.1, 0.15) is 107 Å². The summed E-state index contributed by atoms with van der Waals surface area (Å²) in [7, 11) is 0. The van der Waals surface area contributed by atoms with Crippen molar-refractivity contribution in [3.8, 4) is 0 Å². The number of Topliss-reactive ketones (excluding diaryl/α,β-unsaturated/α-hetero) is 1. The fraction of sp³-hybridized carbons (Fsp3) is 0.517. The Morgan fingerprint density at radius 1 is 1.06 bits per heavy atom. The number of ether oxygens (including phenoxy) is 1. The molecule has 0 atom stereocenters. The van der Waals surface area contributed by atoms with Crippen molar-refractivity contribution >= 4 is 23.4 Å². The average molecular weight is 517 g/mol. The smallest absolute Gasteiger partial charge is 0.306 e. The van der Waals surface area contributed by atoms with Crippen molar-refractivity contribution in [2.75, 3.05) is 19.6 Å². The Hall–Kier alpha value is -2.24. The molecule has 0 aliphatic carbocycles. The minimum Gasteiger partial charge on any atom is -0.454 e. The summed E-state index contributed by atoms with van der Waals surface area (Å²) in [6.45, 7) is -2.93. The second-order valence-corrected chi connectivity index (χ2v) is 8.45. The van der Waals surface area contributed by atoms with Crippen LogP contribution in [0, 0.1) is 5.82 Å². The zero-order valence-corrected chi connectivity index (χ0v) is 19.8. The van der Waals surface area contributed by atoms with E-state index in [2.05, 4.69) is 0 Å². The van der Waals surface area contributed by atoms with Crippen molar-refractivity contribution in [3.63, 3.8) is 0 Å². The first-order chi connectivity index (χ1) is 22.6. The molecule has 0 amide bonds. The maximum Gasteiger partial charge on any atom is 0.306 e. The molecule has 6 heteroatoms. The molecule has 0 N–H and O–H groups in total. The van der Waals surface area contributed by atoms with Gasteiger partial charge in [0.25, 0.3) is 0 Å². The van der Waals surface area contributed by atoms with Gasteiger partial charge in [0.05, 0.1) is 0 Å². The van der Waals surface area contributed by atoms with Crippen LogP contribution in [0.15, 0.2) is 48.5 Å². The number of rotatable bonds is 13. The molecule has 1 heterocycles. The fourth-order valence-corrected chi connectivity index (χ4v) is 4.09. The Morgan fingerprint density at radius 3 is 2.43 bits per heavy atom. The standard InChI is InChI=1S/C29H37ClFNO3/c1-2-3-4-5-6-9-28(34)35-29(24-12-14-25(30)15-13-24)18-21-32(22-19-29)20-7-8-27(33)23-10-16-26(31)17-11-23/h10-17H,2-9,18-22H2,1H3/i1D3,2D2,3D2,4D2,5D2,6D2,9D2. The lowest BCUT2D eigenvalue weighted by Crippen LogP contribution is -2.45. The molecule has 3 rings (SSSR count). The lowest BCUT2D eigenvalue weighted by molar-refractivity contribution is -0.167. The van der Waals surface area contributed by atoms with E-state index in [9.17, 15) is 14.0 Å². The fourth-order valence-electron chi connectivity index (χ4n) is 3.96. The first-order valence-electron chi connectivity index (χ1n) is 18.6. The lowest BCUT2D eigenvalue weighted by Gasteiger charge is -2.41. The van der Waals surface area contributed by atoms with Gasteiger partial charge in [-0.3, -0.25) is 9.59 Å². The highest BCUT2D eigenvalue weighted by atomic mass is 35.5. The number of hydrogen-bond donors (Lipinski definition) is 0. The molecule has 1 fully saturated rings. The van der Waals surface area contributed by atoms with Gasteiger partial charge >= 0.3 is 5.97 Å². The van der Waals surface area contributed by atoms with Crippen LogP contribution in [-0.2, 0) is 15.1 Å². The van der Waals surface area contributed by atoms with Gasteiger partial charge < -0.3 is 9.64 Å². The number of carbonyl (C=O) groups excluding carboxylic acids is 2. The molecule has 35 heavy (non-hydrogen) atoms. The van der Waals surface area contributed by atoms with E-state index < -0.39 is 62.5 Å². The number of carbonyl (C=O) groups is 2. The number of halogens is 2. The Kier molecular flexibility index (Phi) is 5.24. The van der Waals surface area contributed by atoms with E-state index in [-0.39, 0.29) is 38.1 Å². The first-order valence-corrected chi connectivity index (χ1v) is 11.5. The van der Waals surface area contributed by atoms with Crippen molar-refractivity contribution in [3.05, 3.63) is 70.5 Å². The van der Waals surface area contributed by atoms with Crippen molar-refractivity contribution in [2.45, 2.75) is 76.4 Å². The van der Waals surface area contributed by atoms with Crippen LogP contribution in [0.5, 0.6) is 0 Å². The van der Waals surface area contributed by atoms with Gasteiger partial charge in [-0.15, -0.1) is 0 Å². The van der Waals surface area contributed by atoms with Crippen LogP contribution in [-0.4, -0.2) is 36.3 Å². The van der Waals surface area contributed by atoms with Crippen LogP contribution in [0.4, 0.5) is 4.39 Å². The van der Waals surface area contributed by atoms with E-state index in [1.165, 1.54) is 48.5 Å². The summed E-state index contributed by atoms with van der Waals surface area (Å²) in [6, 6.07) is 11.1. The Morgan fingerprint density at radius 2 is 1.74 bits per heavy atom. The molecule has 190 valence electrons. The third-order valence-electron chi connectivity index (χ3n) is 5.78. The number of piperidine rings is 1. The number of benzene rings is 2. The van der Waals surface area contributed by atoms with E-state index in [0.29, 0.717) is 29.1 Å². The van der Waals surface area contributed by atoms with Crippen molar-refractivity contribution in [2.24, 2.45) is 0 Å². The summed E-state index contributed by atoms with van der Waals surface area (Å²) < 4.78 is 139. The second-order valence-electron chi connectivity index (χ2n) is 8.02. The van der Waals surface area contributed by atoms with Crippen LogP contribution in [0.2, 0.25) is 5.02 Å². The molecule has 0 unspecified atom stereocenters. The molecule has 0 radical (unpaired) electrons. The van der Waals surface area contributed by atoms with Gasteiger partial charge in [-0.2, -0.15) is 0 Å². The highest BCUT2D eigenvalue weighted by molar-refractivity contribution is 6.30. The van der Waals surface area contributed by atoms with E-state index in [0.717, 1.165) is 0 Å².